The van der Waals surface area contributed by atoms with Crippen molar-refractivity contribution in [1.82, 2.24) is 0 Å². The van der Waals surface area contributed by atoms with E-state index < -0.39 is 0 Å². The summed E-state index contributed by atoms with van der Waals surface area (Å²) in [5.41, 5.74) is 7.76. The van der Waals surface area contributed by atoms with Crippen molar-refractivity contribution < 1.29 is 9.53 Å². The van der Waals surface area contributed by atoms with Gasteiger partial charge in [-0.05, 0) is 43.3 Å². The SMILES string of the molecule is CCOc1ccc(C(=O)N(C)c2ccccc2N)cc1. The third-order valence-corrected chi connectivity index (χ3v) is 3.02. The maximum Gasteiger partial charge on any atom is 0.258 e. The van der Waals surface area contributed by atoms with Crippen LogP contribution in [-0.4, -0.2) is 19.6 Å². The zero-order valence-electron chi connectivity index (χ0n) is 11.7. The molecule has 1 amide bonds. The molecule has 0 aliphatic carbocycles. The van der Waals surface area contributed by atoms with Gasteiger partial charge in [-0.3, -0.25) is 4.79 Å². The van der Waals surface area contributed by atoms with Gasteiger partial charge in [0.2, 0.25) is 0 Å². The van der Waals surface area contributed by atoms with Crippen LogP contribution in [-0.2, 0) is 0 Å². The van der Waals surface area contributed by atoms with Gasteiger partial charge in [0, 0.05) is 12.6 Å². The lowest BCUT2D eigenvalue weighted by atomic mass is 10.1. The molecule has 2 aromatic carbocycles. The van der Waals surface area contributed by atoms with Gasteiger partial charge in [-0.25, -0.2) is 0 Å². The molecular weight excluding hydrogens is 252 g/mol. The summed E-state index contributed by atoms with van der Waals surface area (Å²) in [7, 11) is 1.71. The van der Waals surface area contributed by atoms with Crippen LogP contribution in [0.25, 0.3) is 0 Å². The summed E-state index contributed by atoms with van der Waals surface area (Å²) in [5.74, 6) is 0.650. The maximum absolute atomic E-state index is 12.4. The molecule has 0 fully saturated rings. The number of hydrogen-bond acceptors (Lipinski definition) is 3. The molecule has 4 nitrogen and oxygen atoms in total. The van der Waals surface area contributed by atoms with E-state index in [1.165, 1.54) is 0 Å². The molecule has 0 saturated heterocycles. The van der Waals surface area contributed by atoms with E-state index in [0.29, 0.717) is 23.5 Å². The molecule has 2 aromatic rings. The molecule has 0 aliphatic heterocycles. The van der Waals surface area contributed by atoms with Crippen molar-refractivity contribution >= 4 is 17.3 Å². The van der Waals surface area contributed by atoms with Crippen LogP contribution in [0.5, 0.6) is 5.75 Å². The van der Waals surface area contributed by atoms with Crippen LogP contribution in [0.15, 0.2) is 48.5 Å². The smallest absolute Gasteiger partial charge is 0.258 e. The van der Waals surface area contributed by atoms with Crippen molar-refractivity contribution in [2.75, 3.05) is 24.3 Å². The van der Waals surface area contributed by atoms with Gasteiger partial charge in [0.25, 0.3) is 5.91 Å². The Kier molecular flexibility index (Phi) is 4.25. The van der Waals surface area contributed by atoms with Gasteiger partial charge < -0.3 is 15.4 Å². The van der Waals surface area contributed by atoms with Crippen LogP contribution in [0, 0.1) is 0 Å². The van der Waals surface area contributed by atoms with Crippen LogP contribution in [0.1, 0.15) is 17.3 Å². The number of nitrogens with two attached hydrogens (primary N) is 1. The van der Waals surface area contributed by atoms with Crippen molar-refractivity contribution in [3.8, 4) is 5.75 Å². The molecule has 2 N–H and O–H groups in total. The standard InChI is InChI=1S/C16H18N2O2/c1-3-20-13-10-8-12(9-11-13)16(19)18(2)15-7-5-4-6-14(15)17/h4-11H,3,17H2,1-2H3. The Morgan fingerprint density at radius 1 is 1.15 bits per heavy atom. The average Bonchev–Trinajstić information content (AvgIpc) is 2.47. The number of nitrogens with zero attached hydrogens (tertiary/aromatic N) is 1. The third kappa shape index (κ3) is 2.91. The van der Waals surface area contributed by atoms with Crippen molar-refractivity contribution in [3.63, 3.8) is 0 Å². The van der Waals surface area contributed by atoms with Crippen molar-refractivity contribution in [2.45, 2.75) is 6.92 Å². The lowest BCUT2D eigenvalue weighted by Crippen LogP contribution is -2.26. The molecule has 20 heavy (non-hydrogen) atoms. The quantitative estimate of drug-likeness (QED) is 0.869. The number of ether oxygens (including phenoxy) is 1. The number of hydrogen-bond donors (Lipinski definition) is 1. The molecule has 0 aromatic heterocycles. The summed E-state index contributed by atoms with van der Waals surface area (Å²) in [5, 5.41) is 0. The number of anilines is 2. The van der Waals surface area contributed by atoms with E-state index >= 15 is 0 Å². The number of benzene rings is 2. The molecule has 0 spiro atoms. The zero-order valence-corrected chi connectivity index (χ0v) is 11.7. The first-order chi connectivity index (χ1) is 9.63. The average molecular weight is 270 g/mol. The van der Waals surface area contributed by atoms with Crippen LogP contribution in [0.3, 0.4) is 0 Å². The maximum atomic E-state index is 12.4. The summed E-state index contributed by atoms with van der Waals surface area (Å²) in [6.07, 6.45) is 0. The lowest BCUT2D eigenvalue weighted by Gasteiger charge is -2.19. The highest BCUT2D eigenvalue weighted by Crippen LogP contribution is 2.23. The van der Waals surface area contributed by atoms with Gasteiger partial charge in [-0.2, -0.15) is 0 Å². The van der Waals surface area contributed by atoms with Crippen molar-refractivity contribution in [1.29, 1.82) is 0 Å². The minimum Gasteiger partial charge on any atom is -0.494 e. The first-order valence-electron chi connectivity index (χ1n) is 6.49. The number of amides is 1. The molecular formula is C16H18N2O2. The second-order valence-corrected chi connectivity index (χ2v) is 4.38. The molecule has 0 bridgehead atoms. The van der Waals surface area contributed by atoms with E-state index in [9.17, 15) is 4.79 Å². The van der Waals surface area contributed by atoms with Gasteiger partial charge in [0.1, 0.15) is 5.75 Å². The number of carbonyl (C=O) groups is 1. The molecule has 0 radical (unpaired) electrons. The summed E-state index contributed by atoms with van der Waals surface area (Å²) in [6, 6.07) is 14.4. The Balaban J connectivity index is 2.20. The minimum atomic E-state index is -0.106. The fraction of sp³-hybridized carbons (Fsp3) is 0.188. The van der Waals surface area contributed by atoms with Crippen molar-refractivity contribution in [2.24, 2.45) is 0 Å². The number of para-hydroxylation sites is 2. The zero-order chi connectivity index (χ0) is 14.5. The van der Waals surface area contributed by atoms with Gasteiger partial charge in [0.05, 0.1) is 18.0 Å². The van der Waals surface area contributed by atoms with E-state index in [-0.39, 0.29) is 5.91 Å². The Bertz CT molecular complexity index is 594. The summed E-state index contributed by atoms with van der Waals surface area (Å²) >= 11 is 0. The van der Waals surface area contributed by atoms with Gasteiger partial charge >= 0.3 is 0 Å². The van der Waals surface area contributed by atoms with Gasteiger partial charge in [-0.1, -0.05) is 12.1 Å². The van der Waals surface area contributed by atoms with Crippen LogP contribution in [0.2, 0.25) is 0 Å². The first-order valence-corrected chi connectivity index (χ1v) is 6.49. The summed E-state index contributed by atoms with van der Waals surface area (Å²) in [6.45, 7) is 2.53. The monoisotopic (exact) mass is 270 g/mol. The Labute approximate surface area is 118 Å². The predicted octanol–water partition coefficient (Wildman–Crippen LogP) is 2.94. The topological polar surface area (TPSA) is 55.6 Å². The predicted molar refractivity (Wildman–Crippen MR) is 81.2 cm³/mol. The molecule has 0 heterocycles. The van der Waals surface area contributed by atoms with Crippen molar-refractivity contribution in [3.05, 3.63) is 54.1 Å². The largest absolute Gasteiger partial charge is 0.494 e. The highest BCUT2D eigenvalue weighted by Gasteiger charge is 2.15. The Hall–Kier alpha value is -2.49. The van der Waals surface area contributed by atoms with Gasteiger partial charge in [-0.15, -0.1) is 0 Å². The van der Waals surface area contributed by atoms with Crippen LogP contribution < -0.4 is 15.4 Å². The highest BCUT2D eigenvalue weighted by atomic mass is 16.5. The van der Waals surface area contributed by atoms with E-state index in [4.69, 9.17) is 10.5 Å². The number of carbonyl (C=O) groups excluding carboxylic acids is 1. The van der Waals surface area contributed by atoms with Gasteiger partial charge in [0.15, 0.2) is 0 Å². The van der Waals surface area contributed by atoms with E-state index in [0.717, 1.165) is 5.75 Å². The van der Waals surface area contributed by atoms with Crippen LogP contribution in [0.4, 0.5) is 11.4 Å². The number of rotatable bonds is 4. The fourth-order valence-corrected chi connectivity index (χ4v) is 1.96. The summed E-state index contributed by atoms with van der Waals surface area (Å²) in [4.78, 5) is 13.9. The Morgan fingerprint density at radius 3 is 2.40 bits per heavy atom. The highest BCUT2D eigenvalue weighted by molar-refractivity contribution is 6.07. The molecule has 104 valence electrons. The second-order valence-electron chi connectivity index (χ2n) is 4.38. The second kappa shape index (κ2) is 6.10. The third-order valence-electron chi connectivity index (χ3n) is 3.02. The molecule has 0 unspecified atom stereocenters. The molecule has 0 aliphatic rings. The van der Waals surface area contributed by atoms with E-state index in [1.807, 2.05) is 25.1 Å². The molecule has 2 rings (SSSR count). The number of nitrogen functional groups attached to an aromatic ring is 1. The van der Waals surface area contributed by atoms with Crippen LogP contribution >= 0.6 is 0 Å². The van der Waals surface area contributed by atoms with E-state index in [1.54, 1.807) is 42.3 Å². The molecule has 4 heteroatoms. The molecule has 0 atom stereocenters. The summed E-state index contributed by atoms with van der Waals surface area (Å²) < 4.78 is 5.36. The van der Waals surface area contributed by atoms with E-state index in [2.05, 4.69) is 0 Å². The minimum absolute atomic E-state index is 0.106. The fourth-order valence-electron chi connectivity index (χ4n) is 1.96. The normalized spacial score (nSPS) is 10.1. The lowest BCUT2D eigenvalue weighted by molar-refractivity contribution is 0.0993. The first kappa shape index (κ1) is 13.9. The Morgan fingerprint density at radius 2 is 1.80 bits per heavy atom. The molecule has 0 saturated carbocycles.